The summed E-state index contributed by atoms with van der Waals surface area (Å²) in [6.07, 6.45) is 0. The number of fused-ring (bicyclic) bond motifs is 1. The number of rotatable bonds is 5. The van der Waals surface area contributed by atoms with Crippen molar-refractivity contribution < 1.29 is 14.3 Å². The normalized spacial score (nSPS) is 18.1. The first-order valence-corrected chi connectivity index (χ1v) is 10.9. The average molecular weight is 444 g/mol. The lowest BCUT2D eigenvalue weighted by atomic mass is 9.93. The topological polar surface area (TPSA) is 63.2 Å². The highest BCUT2D eigenvalue weighted by molar-refractivity contribution is 8.14. The fourth-order valence-corrected chi connectivity index (χ4v) is 4.86. The molecular formula is C22H22ClN3O3S. The maximum Gasteiger partial charge on any atom is 0.255 e. The number of amidine groups is 1. The lowest BCUT2D eigenvalue weighted by Gasteiger charge is -2.35. The molecule has 0 aliphatic carbocycles. The predicted octanol–water partition coefficient (Wildman–Crippen LogP) is 4.73. The van der Waals surface area contributed by atoms with E-state index in [0.717, 1.165) is 23.0 Å². The van der Waals surface area contributed by atoms with Gasteiger partial charge in [0.2, 0.25) is 0 Å². The Morgan fingerprint density at radius 2 is 1.90 bits per heavy atom. The largest absolute Gasteiger partial charge is 0.493 e. The van der Waals surface area contributed by atoms with Gasteiger partial charge in [-0.1, -0.05) is 29.4 Å². The van der Waals surface area contributed by atoms with Gasteiger partial charge in [-0.25, -0.2) is 4.99 Å². The number of methoxy groups -OCH3 is 2. The Balaban J connectivity index is 1.75. The number of benzene rings is 2. The molecule has 0 bridgehead atoms. The number of carbonyl (C=O) groups is 1. The van der Waals surface area contributed by atoms with Crippen LogP contribution in [0.25, 0.3) is 0 Å². The lowest BCUT2D eigenvalue weighted by Crippen LogP contribution is -2.37. The van der Waals surface area contributed by atoms with E-state index in [-0.39, 0.29) is 11.9 Å². The van der Waals surface area contributed by atoms with E-state index in [1.165, 1.54) is 0 Å². The quantitative estimate of drug-likeness (QED) is 0.723. The van der Waals surface area contributed by atoms with E-state index in [1.807, 2.05) is 25.1 Å². The molecule has 0 saturated carbocycles. The van der Waals surface area contributed by atoms with Gasteiger partial charge in [0.1, 0.15) is 0 Å². The molecule has 4 rings (SSSR count). The predicted molar refractivity (Wildman–Crippen MR) is 122 cm³/mol. The summed E-state index contributed by atoms with van der Waals surface area (Å²) in [5.74, 6) is 2.02. The second-order valence-corrected chi connectivity index (χ2v) is 8.41. The van der Waals surface area contributed by atoms with Crippen LogP contribution in [-0.2, 0) is 4.79 Å². The van der Waals surface area contributed by atoms with E-state index >= 15 is 0 Å². The second kappa shape index (κ2) is 8.62. The molecule has 1 fully saturated rings. The molecule has 1 saturated heterocycles. The first-order chi connectivity index (χ1) is 14.5. The molecule has 1 atom stereocenters. The highest BCUT2D eigenvalue weighted by Gasteiger charge is 2.38. The van der Waals surface area contributed by atoms with Crippen molar-refractivity contribution in [1.29, 1.82) is 0 Å². The van der Waals surface area contributed by atoms with E-state index in [1.54, 1.807) is 50.2 Å². The van der Waals surface area contributed by atoms with E-state index < -0.39 is 0 Å². The minimum atomic E-state index is -0.264. The van der Waals surface area contributed by atoms with Gasteiger partial charge in [-0.2, -0.15) is 0 Å². The molecular weight excluding hydrogens is 422 g/mol. The van der Waals surface area contributed by atoms with Crippen LogP contribution in [0.3, 0.4) is 0 Å². The molecule has 2 aliphatic heterocycles. The summed E-state index contributed by atoms with van der Waals surface area (Å²) < 4.78 is 10.9. The zero-order valence-electron chi connectivity index (χ0n) is 16.9. The fourth-order valence-electron chi connectivity index (χ4n) is 3.70. The van der Waals surface area contributed by atoms with Crippen LogP contribution in [0.2, 0.25) is 5.02 Å². The van der Waals surface area contributed by atoms with E-state index in [2.05, 4.69) is 10.2 Å². The smallest absolute Gasteiger partial charge is 0.255 e. The number of nitrogens with one attached hydrogen (secondary N) is 1. The minimum absolute atomic E-state index is 0.186. The van der Waals surface area contributed by atoms with Crippen molar-refractivity contribution in [2.45, 2.75) is 13.0 Å². The molecule has 0 aromatic heterocycles. The van der Waals surface area contributed by atoms with Crippen LogP contribution in [-0.4, -0.2) is 42.5 Å². The summed E-state index contributed by atoms with van der Waals surface area (Å²) in [5, 5.41) is 4.54. The van der Waals surface area contributed by atoms with E-state index in [0.29, 0.717) is 33.5 Å². The van der Waals surface area contributed by atoms with Gasteiger partial charge in [0.25, 0.3) is 5.91 Å². The number of carbonyl (C=O) groups excluding carboxylic acids is 1. The van der Waals surface area contributed by atoms with Crippen molar-refractivity contribution in [3.8, 4) is 11.5 Å². The van der Waals surface area contributed by atoms with Crippen molar-refractivity contribution in [3.63, 3.8) is 0 Å². The molecule has 1 N–H and O–H groups in total. The fraction of sp³-hybridized carbons (Fsp3) is 0.273. The van der Waals surface area contributed by atoms with Gasteiger partial charge < -0.3 is 19.7 Å². The van der Waals surface area contributed by atoms with Crippen molar-refractivity contribution in [2.75, 3.05) is 31.8 Å². The zero-order valence-corrected chi connectivity index (χ0v) is 18.5. The minimum Gasteiger partial charge on any atom is -0.493 e. The molecule has 156 valence electrons. The van der Waals surface area contributed by atoms with Crippen LogP contribution < -0.4 is 14.8 Å². The summed E-state index contributed by atoms with van der Waals surface area (Å²) in [6.45, 7) is 2.70. The van der Waals surface area contributed by atoms with Gasteiger partial charge in [0.15, 0.2) is 16.7 Å². The molecule has 2 aromatic carbocycles. The Morgan fingerprint density at radius 3 is 2.60 bits per heavy atom. The molecule has 1 unspecified atom stereocenters. The third-order valence-corrected chi connectivity index (χ3v) is 6.34. The summed E-state index contributed by atoms with van der Waals surface area (Å²) in [5.41, 5.74) is 2.95. The van der Waals surface area contributed by atoms with Crippen molar-refractivity contribution in [3.05, 3.63) is 64.3 Å². The Morgan fingerprint density at radius 1 is 1.17 bits per heavy atom. The number of ether oxygens (including phenoxy) is 2. The first-order valence-electron chi connectivity index (χ1n) is 9.49. The van der Waals surface area contributed by atoms with Crippen LogP contribution in [0.1, 0.15) is 18.5 Å². The van der Waals surface area contributed by atoms with Crippen LogP contribution in [0.15, 0.2) is 58.7 Å². The molecule has 2 heterocycles. The van der Waals surface area contributed by atoms with Gasteiger partial charge in [-0.15, -0.1) is 0 Å². The molecule has 2 aliphatic rings. The number of allylic oxidation sites excluding steroid dienone is 1. The number of anilines is 1. The molecule has 0 radical (unpaired) electrons. The maximum absolute atomic E-state index is 13.4. The first kappa shape index (κ1) is 20.6. The van der Waals surface area contributed by atoms with E-state index in [9.17, 15) is 4.79 Å². The standard InChI is InChI=1S/C22H22ClN3O3S/c1-13-19(21(27)25-16-7-5-15(23)6-8-16)20(26-10-11-30-22(26)24-13)14-4-9-17(28-2)18(12-14)29-3/h4-9,12,20H,10-11H2,1-3H3,(H,25,27). The lowest BCUT2D eigenvalue weighted by molar-refractivity contribution is -0.113. The van der Waals surface area contributed by atoms with Crippen LogP contribution >= 0.6 is 23.4 Å². The Bertz CT molecular complexity index is 1040. The Kier molecular flexibility index (Phi) is 5.92. The van der Waals surface area contributed by atoms with Gasteiger partial charge in [-0.3, -0.25) is 4.79 Å². The summed E-state index contributed by atoms with van der Waals surface area (Å²) >= 11 is 7.67. The third kappa shape index (κ3) is 3.87. The van der Waals surface area contributed by atoms with Crippen molar-refractivity contribution in [2.24, 2.45) is 4.99 Å². The number of aliphatic imine (C=N–C) groups is 1. The summed E-state index contributed by atoms with van der Waals surface area (Å²) in [6, 6.07) is 12.6. The van der Waals surface area contributed by atoms with Crippen LogP contribution in [0.5, 0.6) is 11.5 Å². The van der Waals surface area contributed by atoms with Gasteiger partial charge in [0, 0.05) is 23.0 Å². The average Bonchev–Trinajstić information content (AvgIpc) is 3.21. The highest BCUT2D eigenvalue weighted by Crippen LogP contribution is 2.42. The second-order valence-electron chi connectivity index (χ2n) is 6.91. The monoisotopic (exact) mass is 443 g/mol. The number of hydrogen-bond acceptors (Lipinski definition) is 6. The van der Waals surface area contributed by atoms with Gasteiger partial charge in [-0.05, 0) is 48.9 Å². The van der Waals surface area contributed by atoms with Crippen LogP contribution in [0, 0.1) is 0 Å². The third-order valence-electron chi connectivity index (χ3n) is 5.12. The summed E-state index contributed by atoms with van der Waals surface area (Å²) in [4.78, 5) is 20.2. The van der Waals surface area contributed by atoms with Crippen molar-refractivity contribution in [1.82, 2.24) is 4.90 Å². The Labute approximate surface area is 184 Å². The number of hydrogen-bond donors (Lipinski definition) is 1. The number of halogens is 1. The van der Waals surface area contributed by atoms with Gasteiger partial charge >= 0.3 is 0 Å². The highest BCUT2D eigenvalue weighted by atomic mass is 35.5. The zero-order chi connectivity index (χ0) is 21.3. The molecule has 1 amide bonds. The van der Waals surface area contributed by atoms with E-state index in [4.69, 9.17) is 26.1 Å². The molecule has 30 heavy (non-hydrogen) atoms. The number of amides is 1. The summed E-state index contributed by atoms with van der Waals surface area (Å²) in [7, 11) is 3.21. The molecule has 2 aromatic rings. The Hall–Kier alpha value is -2.64. The van der Waals surface area contributed by atoms with Crippen LogP contribution in [0.4, 0.5) is 5.69 Å². The maximum atomic E-state index is 13.4. The number of nitrogens with zero attached hydrogens (tertiary/aromatic N) is 2. The number of thioether (sulfide) groups is 1. The molecule has 0 spiro atoms. The van der Waals surface area contributed by atoms with Crippen molar-refractivity contribution >= 4 is 40.1 Å². The molecule has 8 heteroatoms. The SMILES string of the molecule is COc1ccc(C2C(C(=O)Nc3ccc(Cl)cc3)=C(C)N=C3SCCN32)cc1OC. The van der Waals surface area contributed by atoms with Gasteiger partial charge in [0.05, 0.1) is 31.5 Å². The molecule has 6 nitrogen and oxygen atoms in total.